The zero-order valence-electron chi connectivity index (χ0n) is 26.3. The summed E-state index contributed by atoms with van der Waals surface area (Å²) in [7, 11) is 0. The molecular formula is C40H37BN2S. The normalized spacial score (nSPS) is 14.0. The molecule has 0 unspecified atom stereocenters. The van der Waals surface area contributed by atoms with Gasteiger partial charge in [-0.25, -0.2) is 0 Å². The highest BCUT2D eigenvalue weighted by atomic mass is 32.1. The topological polar surface area (TPSA) is 6.48 Å². The van der Waals surface area contributed by atoms with Crippen LogP contribution in [0.3, 0.4) is 0 Å². The van der Waals surface area contributed by atoms with Crippen molar-refractivity contribution < 1.29 is 0 Å². The first kappa shape index (κ1) is 27.3. The zero-order valence-corrected chi connectivity index (χ0v) is 27.2. The van der Waals surface area contributed by atoms with Crippen molar-refractivity contribution in [1.29, 1.82) is 0 Å². The smallest absolute Gasteiger partial charge is 0.264 e. The molecule has 2 nitrogen and oxygen atoms in total. The third kappa shape index (κ3) is 4.08. The summed E-state index contributed by atoms with van der Waals surface area (Å²) >= 11 is 1.95. The van der Waals surface area contributed by atoms with Crippen LogP contribution in [0.4, 0.5) is 34.1 Å². The summed E-state index contributed by atoms with van der Waals surface area (Å²) in [5, 5.41) is 1.32. The molecule has 0 spiro atoms. The Morgan fingerprint density at radius 3 is 1.68 bits per heavy atom. The average molecular weight is 589 g/mol. The molecule has 0 N–H and O–H groups in total. The van der Waals surface area contributed by atoms with Crippen LogP contribution in [-0.4, -0.2) is 6.71 Å². The quantitative estimate of drug-likeness (QED) is 0.186. The molecule has 0 radical (unpaired) electrons. The Kier molecular flexibility index (Phi) is 5.96. The van der Waals surface area contributed by atoms with E-state index >= 15 is 0 Å². The third-order valence-corrected chi connectivity index (χ3v) is 10.6. The van der Waals surface area contributed by atoms with Crippen molar-refractivity contribution in [2.24, 2.45) is 0 Å². The van der Waals surface area contributed by atoms with Gasteiger partial charge in [0, 0.05) is 43.3 Å². The van der Waals surface area contributed by atoms with E-state index in [1.165, 1.54) is 71.0 Å². The first-order valence-corrected chi connectivity index (χ1v) is 16.5. The highest BCUT2D eigenvalue weighted by molar-refractivity contribution is 7.33. The van der Waals surface area contributed by atoms with E-state index < -0.39 is 0 Å². The summed E-state index contributed by atoms with van der Waals surface area (Å²) < 4.78 is 2.75. The second-order valence-corrected chi connectivity index (χ2v) is 15.4. The molecule has 6 aromatic rings. The van der Waals surface area contributed by atoms with Crippen LogP contribution in [-0.2, 0) is 10.8 Å². The van der Waals surface area contributed by atoms with Crippen molar-refractivity contribution >= 4 is 78.0 Å². The standard InChI is InChI=1S/C40H37BN2S/c1-39(2,3)26-18-22-28(23-19-26)42-32-14-9-8-13-31(32)41-36-33(42)15-11-16-34(36)43(29-24-20-27(21-25-29)40(4,5)6)37-30-12-7-10-17-35(30)44-38(37)41/h7-25H,1-6H3. The number of hydrogen-bond acceptors (Lipinski definition) is 3. The monoisotopic (exact) mass is 588 g/mol. The molecule has 0 fully saturated rings. The Labute approximate surface area is 265 Å². The number of anilines is 6. The van der Waals surface area contributed by atoms with Gasteiger partial charge in [0.25, 0.3) is 6.71 Å². The van der Waals surface area contributed by atoms with E-state index in [1.807, 2.05) is 11.3 Å². The maximum atomic E-state index is 2.53. The van der Waals surface area contributed by atoms with Gasteiger partial charge in [-0.1, -0.05) is 108 Å². The fourth-order valence-electron chi connectivity index (χ4n) is 7.08. The largest absolute Gasteiger partial charge is 0.311 e. The van der Waals surface area contributed by atoms with Gasteiger partial charge >= 0.3 is 0 Å². The van der Waals surface area contributed by atoms with Gasteiger partial charge in [-0.2, -0.15) is 0 Å². The number of fused-ring (bicyclic) bond motifs is 6. The number of nitrogens with zero attached hydrogens (tertiary/aromatic N) is 2. The highest BCUT2D eigenvalue weighted by Gasteiger charge is 2.44. The molecule has 0 amide bonds. The average Bonchev–Trinajstić information content (AvgIpc) is 3.39. The maximum Gasteiger partial charge on any atom is 0.264 e. The van der Waals surface area contributed by atoms with Crippen molar-refractivity contribution in [3.8, 4) is 0 Å². The summed E-state index contributed by atoms with van der Waals surface area (Å²) in [6, 6.07) is 43.3. The lowest BCUT2D eigenvalue weighted by Crippen LogP contribution is -2.60. The molecule has 1 aromatic heterocycles. The molecule has 0 atom stereocenters. The molecule has 0 bridgehead atoms. The first-order valence-electron chi connectivity index (χ1n) is 15.7. The summed E-state index contributed by atoms with van der Waals surface area (Å²) in [6.45, 7) is 13.9. The number of thiophene rings is 1. The van der Waals surface area contributed by atoms with Crippen molar-refractivity contribution in [3.05, 3.63) is 126 Å². The SMILES string of the molecule is CC(C)(C)c1ccc(N2c3ccccc3B3c4sc5ccccc5c4N(c4ccc(C(C)(C)C)cc4)c4cccc2c43)cc1. The van der Waals surface area contributed by atoms with Crippen LogP contribution in [0, 0.1) is 0 Å². The molecule has 5 aromatic carbocycles. The lowest BCUT2D eigenvalue weighted by Gasteiger charge is -2.43. The molecule has 216 valence electrons. The highest BCUT2D eigenvalue weighted by Crippen LogP contribution is 2.47. The fourth-order valence-corrected chi connectivity index (χ4v) is 8.40. The molecule has 3 heterocycles. The predicted octanol–water partition coefficient (Wildman–Crippen LogP) is 9.58. The van der Waals surface area contributed by atoms with Gasteiger partial charge < -0.3 is 9.80 Å². The van der Waals surface area contributed by atoms with Crippen molar-refractivity contribution in [1.82, 2.24) is 0 Å². The van der Waals surface area contributed by atoms with E-state index in [0.29, 0.717) is 0 Å². The molecule has 44 heavy (non-hydrogen) atoms. The summed E-state index contributed by atoms with van der Waals surface area (Å²) in [5.41, 5.74) is 13.1. The van der Waals surface area contributed by atoms with Gasteiger partial charge in [-0.3, -0.25) is 0 Å². The van der Waals surface area contributed by atoms with E-state index in [9.17, 15) is 0 Å². The number of benzene rings is 5. The van der Waals surface area contributed by atoms with Crippen LogP contribution in [0.15, 0.2) is 115 Å². The number of hydrogen-bond donors (Lipinski definition) is 0. The number of rotatable bonds is 2. The minimum Gasteiger partial charge on any atom is -0.311 e. The Bertz CT molecular complexity index is 2040. The van der Waals surface area contributed by atoms with Crippen LogP contribution < -0.4 is 25.5 Å². The molecule has 2 aliphatic rings. The third-order valence-electron chi connectivity index (χ3n) is 9.38. The molecule has 4 heteroatoms. The lowest BCUT2D eigenvalue weighted by molar-refractivity contribution is 0.590. The molecular weight excluding hydrogens is 551 g/mol. The Balaban J connectivity index is 1.40. The molecule has 0 saturated heterocycles. The van der Waals surface area contributed by atoms with Gasteiger partial charge in [0.1, 0.15) is 0 Å². The maximum absolute atomic E-state index is 2.53. The van der Waals surface area contributed by atoms with Crippen molar-refractivity contribution in [2.75, 3.05) is 9.80 Å². The van der Waals surface area contributed by atoms with Crippen LogP contribution in [0.25, 0.3) is 10.1 Å². The molecule has 2 aliphatic heterocycles. The second-order valence-electron chi connectivity index (χ2n) is 14.3. The van der Waals surface area contributed by atoms with Crippen LogP contribution in [0.2, 0.25) is 0 Å². The Hall–Kier alpha value is -4.28. The van der Waals surface area contributed by atoms with E-state index in [2.05, 4.69) is 167 Å². The number of para-hydroxylation sites is 1. The first-order chi connectivity index (χ1) is 21.1. The molecule has 0 saturated carbocycles. The predicted molar refractivity (Wildman–Crippen MR) is 193 cm³/mol. The summed E-state index contributed by atoms with van der Waals surface area (Å²) in [6.07, 6.45) is 0. The fraction of sp³-hybridized carbons (Fsp3) is 0.200. The van der Waals surface area contributed by atoms with Crippen molar-refractivity contribution in [3.63, 3.8) is 0 Å². The van der Waals surface area contributed by atoms with E-state index in [0.717, 1.165) is 0 Å². The minimum absolute atomic E-state index is 0.102. The summed E-state index contributed by atoms with van der Waals surface area (Å²) in [5.74, 6) is 0. The lowest BCUT2D eigenvalue weighted by atomic mass is 9.36. The molecule has 8 rings (SSSR count). The Morgan fingerprint density at radius 2 is 1.05 bits per heavy atom. The zero-order chi connectivity index (χ0) is 30.4. The minimum atomic E-state index is 0.102. The van der Waals surface area contributed by atoms with Crippen LogP contribution >= 0.6 is 11.3 Å². The Morgan fingerprint density at radius 1 is 0.523 bits per heavy atom. The second kappa shape index (κ2) is 9.61. The van der Waals surface area contributed by atoms with Gasteiger partial charge in [-0.15, -0.1) is 11.3 Å². The van der Waals surface area contributed by atoms with Crippen molar-refractivity contribution in [2.45, 2.75) is 52.4 Å². The van der Waals surface area contributed by atoms with Crippen LogP contribution in [0.1, 0.15) is 52.7 Å². The summed E-state index contributed by atoms with van der Waals surface area (Å²) in [4.78, 5) is 5.01. The molecule has 0 aliphatic carbocycles. The van der Waals surface area contributed by atoms with Gasteiger partial charge in [0.2, 0.25) is 0 Å². The van der Waals surface area contributed by atoms with E-state index in [1.54, 1.807) is 0 Å². The van der Waals surface area contributed by atoms with E-state index in [4.69, 9.17) is 0 Å². The van der Waals surface area contributed by atoms with Gasteiger partial charge in [0.15, 0.2) is 0 Å². The van der Waals surface area contributed by atoms with Gasteiger partial charge in [0.05, 0.1) is 5.69 Å². The van der Waals surface area contributed by atoms with E-state index in [-0.39, 0.29) is 17.5 Å². The van der Waals surface area contributed by atoms with Crippen LogP contribution in [0.5, 0.6) is 0 Å². The van der Waals surface area contributed by atoms with Gasteiger partial charge in [-0.05, 0) is 81.4 Å².